The fourth-order valence-electron chi connectivity index (χ4n) is 3.12. The number of anilines is 1. The molecule has 0 aromatic carbocycles. The van der Waals surface area contributed by atoms with Crippen molar-refractivity contribution in [2.45, 2.75) is 27.3 Å². The number of aromatic nitrogens is 6. The van der Waals surface area contributed by atoms with E-state index in [-0.39, 0.29) is 0 Å². The summed E-state index contributed by atoms with van der Waals surface area (Å²) in [6.07, 6.45) is 3.70. The lowest BCUT2D eigenvalue weighted by molar-refractivity contribution is 0.774. The van der Waals surface area contributed by atoms with E-state index in [0.717, 1.165) is 45.3 Å². The van der Waals surface area contributed by atoms with E-state index in [1.165, 1.54) is 0 Å². The molecule has 7 heteroatoms. The first kappa shape index (κ1) is 14.6. The zero-order valence-electron chi connectivity index (χ0n) is 14.2. The molecular formula is C17H19N7. The molecule has 0 unspecified atom stereocenters. The first-order valence-electron chi connectivity index (χ1n) is 7.87. The fourth-order valence-corrected chi connectivity index (χ4v) is 3.12. The Balaban J connectivity index is 1.64. The minimum Gasteiger partial charge on any atom is -0.378 e. The first-order chi connectivity index (χ1) is 11.5. The van der Waals surface area contributed by atoms with E-state index in [1.807, 2.05) is 33.3 Å². The van der Waals surface area contributed by atoms with Gasteiger partial charge in [-0.25, -0.2) is 15.0 Å². The van der Waals surface area contributed by atoms with Crippen molar-refractivity contribution in [3.05, 3.63) is 47.3 Å². The lowest BCUT2D eigenvalue weighted by Crippen LogP contribution is -2.06. The van der Waals surface area contributed by atoms with E-state index < -0.39 is 0 Å². The maximum atomic E-state index is 4.50. The van der Waals surface area contributed by atoms with Crippen LogP contribution in [0, 0.1) is 20.8 Å². The molecule has 0 saturated heterocycles. The smallest absolute Gasteiger partial charge is 0.234 e. The van der Waals surface area contributed by atoms with Gasteiger partial charge < -0.3 is 5.32 Å². The number of hydrogen-bond donors (Lipinski definition) is 1. The molecule has 0 bridgehead atoms. The summed E-state index contributed by atoms with van der Waals surface area (Å²) in [4.78, 5) is 13.4. The monoisotopic (exact) mass is 321 g/mol. The van der Waals surface area contributed by atoms with Gasteiger partial charge in [-0.05, 0) is 32.9 Å². The molecule has 0 amide bonds. The molecule has 0 aliphatic carbocycles. The minimum absolute atomic E-state index is 0.652. The number of fused-ring (bicyclic) bond motifs is 2. The predicted molar refractivity (Wildman–Crippen MR) is 93.0 cm³/mol. The van der Waals surface area contributed by atoms with Crippen molar-refractivity contribution in [1.29, 1.82) is 0 Å². The topological polar surface area (TPSA) is 72.9 Å². The zero-order valence-corrected chi connectivity index (χ0v) is 14.2. The Labute approximate surface area is 139 Å². The molecular weight excluding hydrogens is 302 g/mol. The molecule has 0 aliphatic heterocycles. The quantitative estimate of drug-likeness (QED) is 0.628. The van der Waals surface area contributed by atoms with Crippen molar-refractivity contribution in [2.75, 3.05) is 5.32 Å². The molecule has 0 fully saturated rings. The summed E-state index contributed by atoms with van der Waals surface area (Å²) in [5.41, 5.74) is 6.01. The van der Waals surface area contributed by atoms with Crippen LogP contribution in [0.4, 0.5) is 5.69 Å². The maximum Gasteiger partial charge on any atom is 0.234 e. The van der Waals surface area contributed by atoms with E-state index in [0.29, 0.717) is 6.54 Å². The van der Waals surface area contributed by atoms with Crippen molar-refractivity contribution in [1.82, 2.24) is 29.1 Å². The molecule has 122 valence electrons. The van der Waals surface area contributed by atoms with Crippen molar-refractivity contribution in [2.24, 2.45) is 7.05 Å². The van der Waals surface area contributed by atoms with Crippen LogP contribution in [0.15, 0.2) is 24.5 Å². The molecule has 0 saturated carbocycles. The normalized spacial score (nSPS) is 11.5. The lowest BCUT2D eigenvalue weighted by Gasteiger charge is -2.08. The molecule has 4 aromatic heterocycles. The average Bonchev–Trinajstić information content (AvgIpc) is 3.07. The second-order valence-corrected chi connectivity index (χ2v) is 6.08. The second-order valence-electron chi connectivity index (χ2n) is 6.08. The van der Waals surface area contributed by atoms with Crippen LogP contribution in [0.3, 0.4) is 0 Å². The molecule has 0 radical (unpaired) electrons. The van der Waals surface area contributed by atoms with E-state index in [1.54, 1.807) is 4.68 Å². The highest BCUT2D eigenvalue weighted by atomic mass is 15.3. The Kier molecular flexibility index (Phi) is 3.23. The zero-order chi connectivity index (χ0) is 16.8. The number of pyridine rings is 1. The Morgan fingerprint density at radius 2 is 1.92 bits per heavy atom. The summed E-state index contributed by atoms with van der Waals surface area (Å²) in [5.74, 6) is 0.737. The van der Waals surface area contributed by atoms with Gasteiger partial charge in [-0.3, -0.25) is 9.08 Å². The minimum atomic E-state index is 0.652. The molecule has 0 atom stereocenters. The molecule has 4 aromatic rings. The SMILES string of the molecule is Cc1cc(C)n2c(CNc3cnc4c(c3)c(C)nn4C)cnc2n1. The summed E-state index contributed by atoms with van der Waals surface area (Å²) in [6.45, 7) is 6.70. The van der Waals surface area contributed by atoms with Gasteiger partial charge in [-0.1, -0.05) is 0 Å². The van der Waals surface area contributed by atoms with Gasteiger partial charge in [0, 0.05) is 23.8 Å². The molecule has 1 N–H and O–H groups in total. The number of hydrogen-bond acceptors (Lipinski definition) is 5. The van der Waals surface area contributed by atoms with Gasteiger partial charge in [-0.2, -0.15) is 5.10 Å². The van der Waals surface area contributed by atoms with Gasteiger partial charge in [0.25, 0.3) is 0 Å². The molecule has 7 nitrogen and oxygen atoms in total. The van der Waals surface area contributed by atoms with Crippen LogP contribution in [0.5, 0.6) is 0 Å². The number of rotatable bonds is 3. The van der Waals surface area contributed by atoms with Crippen molar-refractivity contribution in [3.63, 3.8) is 0 Å². The van der Waals surface area contributed by atoms with E-state index in [4.69, 9.17) is 0 Å². The van der Waals surface area contributed by atoms with Crippen molar-refractivity contribution < 1.29 is 0 Å². The third-order valence-electron chi connectivity index (χ3n) is 4.20. The Morgan fingerprint density at radius 3 is 2.75 bits per heavy atom. The number of nitrogens with one attached hydrogen (secondary N) is 1. The second kappa shape index (κ2) is 5.30. The summed E-state index contributed by atoms with van der Waals surface area (Å²) in [6, 6.07) is 4.15. The third kappa shape index (κ3) is 2.29. The van der Waals surface area contributed by atoms with Crippen LogP contribution in [0.25, 0.3) is 16.8 Å². The van der Waals surface area contributed by atoms with E-state index in [9.17, 15) is 0 Å². The summed E-state index contributed by atoms with van der Waals surface area (Å²) < 4.78 is 3.87. The molecule has 0 spiro atoms. The standard InChI is InChI=1S/C17H19N7/c1-10-5-11(2)24-14(9-20-17(24)21-10)8-18-13-6-15-12(3)22-23(4)16(15)19-7-13/h5-7,9,18H,8H2,1-4H3. The van der Waals surface area contributed by atoms with Crippen LogP contribution in [0.2, 0.25) is 0 Å². The van der Waals surface area contributed by atoms with Crippen LogP contribution < -0.4 is 5.32 Å². The van der Waals surface area contributed by atoms with E-state index >= 15 is 0 Å². The number of nitrogens with zero attached hydrogens (tertiary/aromatic N) is 6. The van der Waals surface area contributed by atoms with E-state index in [2.05, 4.69) is 48.8 Å². The molecule has 24 heavy (non-hydrogen) atoms. The highest BCUT2D eigenvalue weighted by molar-refractivity contribution is 5.81. The van der Waals surface area contributed by atoms with Gasteiger partial charge >= 0.3 is 0 Å². The largest absolute Gasteiger partial charge is 0.378 e. The highest BCUT2D eigenvalue weighted by Crippen LogP contribution is 2.20. The summed E-state index contributed by atoms with van der Waals surface area (Å²) in [7, 11) is 1.91. The van der Waals surface area contributed by atoms with Gasteiger partial charge in [0.05, 0.1) is 36.0 Å². The summed E-state index contributed by atoms with van der Waals surface area (Å²) in [5, 5.41) is 8.89. The Hall–Kier alpha value is -2.96. The van der Waals surface area contributed by atoms with Gasteiger partial charge in [0.1, 0.15) is 0 Å². The first-order valence-corrected chi connectivity index (χ1v) is 7.87. The Bertz CT molecular complexity index is 1060. The van der Waals surface area contributed by atoms with Crippen LogP contribution in [-0.4, -0.2) is 29.1 Å². The summed E-state index contributed by atoms with van der Waals surface area (Å²) >= 11 is 0. The number of imidazole rings is 1. The van der Waals surface area contributed by atoms with Crippen molar-refractivity contribution in [3.8, 4) is 0 Å². The molecule has 0 aliphatic rings. The Morgan fingerprint density at radius 1 is 1.08 bits per heavy atom. The molecule has 4 heterocycles. The van der Waals surface area contributed by atoms with Gasteiger partial charge in [0.15, 0.2) is 5.65 Å². The van der Waals surface area contributed by atoms with Gasteiger partial charge in [0.2, 0.25) is 5.78 Å². The van der Waals surface area contributed by atoms with Crippen LogP contribution in [0.1, 0.15) is 22.8 Å². The third-order valence-corrected chi connectivity index (χ3v) is 4.20. The average molecular weight is 321 g/mol. The molecule has 4 rings (SSSR count). The predicted octanol–water partition coefficient (Wildman–Crippen LogP) is 2.55. The lowest BCUT2D eigenvalue weighted by atomic mass is 10.2. The van der Waals surface area contributed by atoms with Gasteiger partial charge in [-0.15, -0.1) is 0 Å². The maximum absolute atomic E-state index is 4.50. The number of aryl methyl sites for hydroxylation is 4. The fraction of sp³-hybridized carbons (Fsp3) is 0.294. The van der Waals surface area contributed by atoms with Crippen LogP contribution in [-0.2, 0) is 13.6 Å². The van der Waals surface area contributed by atoms with Crippen molar-refractivity contribution >= 4 is 22.5 Å². The van der Waals surface area contributed by atoms with Crippen LogP contribution >= 0.6 is 0 Å². The highest BCUT2D eigenvalue weighted by Gasteiger charge is 2.09.